The Hall–Kier alpha value is -2.48. The molecule has 23 heavy (non-hydrogen) atoms. The number of benzene rings is 3. The lowest BCUT2D eigenvalue weighted by Gasteiger charge is -2.12. The first-order valence-electron chi connectivity index (χ1n) is 8.10. The Morgan fingerprint density at radius 1 is 0.783 bits per heavy atom. The molecule has 3 aromatic rings. The number of para-hydroxylation sites is 1. The molecule has 0 radical (unpaired) electrons. The summed E-state index contributed by atoms with van der Waals surface area (Å²) in [6, 6.07) is 22.5. The number of hydrogen-bond donors (Lipinski definition) is 0. The molecule has 0 saturated carbocycles. The zero-order chi connectivity index (χ0) is 16.1. The van der Waals surface area contributed by atoms with E-state index in [4.69, 9.17) is 9.47 Å². The monoisotopic (exact) mass is 306 g/mol. The van der Waals surface area contributed by atoms with Crippen LogP contribution in [0.5, 0.6) is 11.5 Å². The average molecular weight is 306 g/mol. The molecule has 0 heterocycles. The maximum atomic E-state index is 5.69. The summed E-state index contributed by atoms with van der Waals surface area (Å²) in [6.45, 7) is 4.69. The summed E-state index contributed by atoms with van der Waals surface area (Å²) in [5, 5.41) is 2.44. The molecule has 0 fully saturated rings. The molecule has 2 nitrogen and oxygen atoms in total. The van der Waals surface area contributed by atoms with Gasteiger partial charge < -0.3 is 9.47 Å². The fourth-order valence-electron chi connectivity index (χ4n) is 2.56. The maximum Gasteiger partial charge on any atom is 0.230 e. The Balaban J connectivity index is 1.68. The minimum absolute atomic E-state index is 0.209. The van der Waals surface area contributed by atoms with Crippen LogP contribution in [-0.4, -0.2) is 6.79 Å². The van der Waals surface area contributed by atoms with Gasteiger partial charge in [0.05, 0.1) is 0 Å². The van der Waals surface area contributed by atoms with Crippen LogP contribution < -0.4 is 9.47 Å². The summed E-state index contributed by atoms with van der Waals surface area (Å²) in [7, 11) is 0. The van der Waals surface area contributed by atoms with Crippen LogP contribution in [0.3, 0.4) is 0 Å². The van der Waals surface area contributed by atoms with Gasteiger partial charge in [0.25, 0.3) is 0 Å². The number of ether oxygens (including phenoxy) is 2. The predicted octanol–water partition coefficient (Wildman–Crippen LogP) is 5.77. The first kappa shape index (κ1) is 15.4. The van der Waals surface area contributed by atoms with E-state index in [0.29, 0.717) is 5.92 Å². The van der Waals surface area contributed by atoms with Gasteiger partial charge in [-0.1, -0.05) is 56.3 Å². The third kappa shape index (κ3) is 3.84. The second-order valence-electron chi connectivity index (χ2n) is 5.80. The van der Waals surface area contributed by atoms with Crippen LogP contribution in [0, 0.1) is 0 Å². The first-order valence-corrected chi connectivity index (χ1v) is 8.10. The van der Waals surface area contributed by atoms with E-state index in [1.165, 1.54) is 16.3 Å². The summed E-state index contributed by atoms with van der Waals surface area (Å²) >= 11 is 0. The normalized spacial score (nSPS) is 12.1. The van der Waals surface area contributed by atoms with E-state index in [2.05, 4.69) is 44.2 Å². The van der Waals surface area contributed by atoms with Crippen molar-refractivity contribution in [2.24, 2.45) is 0 Å². The molecule has 0 amide bonds. The second kappa shape index (κ2) is 7.19. The molecule has 0 aliphatic rings. The molecule has 1 unspecified atom stereocenters. The van der Waals surface area contributed by atoms with E-state index < -0.39 is 0 Å². The second-order valence-corrected chi connectivity index (χ2v) is 5.80. The van der Waals surface area contributed by atoms with E-state index in [1.807, 2.05) is 36.4 Å². The summed E-state index contributed by atoms with van der Waals surface area (Å²) in [4.78, 5) is 0. The quantitative estimate of drug-likeness (QED) is 0.538. The zero-order valence-corrected chi connectivity index (χ0v) is 13.7. The standard InChI is InChI=1S/C21H22O2/c1-3-16(2)17-9-10-19-14-21(12-11-18(19)13-17)23-15-22-20-7-5-4-6-8-20/h4-14,16H,3,15H2,1-2H3. The van der Waals surface area contributed by atoms with Gasteiger partial charge in [0, 0.05) is 0 Å². The third-order valence-corrected chi connectivity index (χ3v) is 4.21. The molecular weight excluding hydrogens is 284 g/mol. The van der Waals surface area contributed by atoms with Crippen molar-refractivity contribution >= 4 is 10.8 Å². The highest BCUT2D eigenvalue weighted by molar-refractivity contribution is 5.84. The average Bonchev–Trinajstić information content (AvgIpc) is 2.61. The van der Waals surface area contributed by atoms with Crippen molar-refractivity contribution in [3.8, 4) is 11.5 Å². The minimum atomic E-state index is 0.209. The Morgan fingerprint density at radius 3 is 2.26 bits per heavy atom. The highest BCUT2D eigenvalue weighted by atomic mass is 16.7. The van der Waals surface area contributed by atoms with Crippen molar-refractivity contribution in [2.45, 2.75) is 26.2 Å². The maximum absolute atomic E-state index is 5.69. The highest BCUT2D eigenvalue weighted by Crippen LogP contribution is 2.26. The molecule has 0 N–H and O–H groups in total. The van der Waals surface area contributed by atoms with Gasteiger partial charge >= 0.3 is 0 Å². The van der Waals surface area contributed by atoms with Crippen molar-refractivity contribution in [1.29, 1.82) is 0 Å². The lowest BCUT2D eigenvalue weighted by atomic mass is 9.96. The molecule has 0 aliphatic carbocycles. The largest absolute Gasteiger partial charge is 0.458 e. The molecule has 0 aliphatic heterocycles. The highest BCUT2D eigenvalue weighted by Gasteiger charge is 2.05. The summed E-state index contributed by atoms with van der Waals surface area (Å²) in [6.07, 6.45) is 1.16. The summed E-state index contributed by atoms with van der Waals surface area (Å²) < 4.78 is 11.3. The van der Waals surface area contributed by atoms with Crippen LogP contribution >= 0.6 is 0 Å². The van der Waals surface area contributed by atoms with Crippen molar-refractivity contribution in [3.05, 3.63) is 72.3 Å². The van der Waals surface area contributed by atoms with E-state index >= 15 is 0 Å². The SMILES string of the molecule is CCC(C)c1ccc2cc(OCOc3ccccc3)ccc2c1. The minimum Gasteiger partial charge on any atom is -0.458 e. The fraction of sp³-hybridized carbons (Fsp3) is 0.238. The predicted molar refractivity (Wildman–Crippen MR) is 95.2 cm³/mol. The van der Waals surface area contributed by atoms with E-state index in [-0.39, 0.29) is 6.79 Å². The molecule has 2 heteroatoms. The lowest BCUT2D eigenvalue weighted by Crippen LogP contribution is -2.05. The van der Waals surface area contributed by atoms with Crippen LogP contribution in [0.2, 0.25) is 0 Å². The van der Waals surface area contributed by atoms with Crippen molar-refractivity contribution in [2.75, 3.05) is 6.79 Å². The van der Waals surface area contributed by atoms with Crippen LogP contribution in [0.1, 0.15) is 31.7 Å². The molecular formula is C21H22O2. The Morgan fingerprint density at radius 2 is 1.48 bits per heavy atom. The number of hydrogen-bond acceptors (Lipinski definition) is 2. The van der Waals surface area contributed by atoms with E-state index in [1.54, 1.807) is 0 Å². The molecule has 3 aromatic carbocycles. The van der Waals surface area contributed by atoms with Gasteiger partial charge in [0.2, 0.25) is 6.79 Å². The Labute approximate surface area is 137 Å². The topological polar surface area (TPSA) is 18.5 Å². The lowest BCUT2D eigenvalue weighted by molar-refractivity contribution is 0.120. The zero-order valence-electron chi connectivity index (χ0n) is 13.7. The van der Waals surface area contributed by atoms with Gasteiger partial charge in [-0.3, -0.25) is 0 Å². The van der Waals surface area contributed by atoms with Crippen LogP contribution in [0.25, 0.3) is 10.8 Å². The van der Waals surface area contributed by atoms with E-state index in [0.717, 1.165) is 17.9 Å². The van der Waals surface area contributed by atoms with Gasteiger partial charge in [-0.2, -0.15) is 0 Å². The van der Waals surface area contributed by atoms with Crippen LogP contribution in [-0.2, 0) is 0 Å². The first-order chi connectivity index (χ1) is 11.3. The van der Waals surface area contributed by atoms with Crippen molar-refractivity contribution in [1.82, 2.24) is 0 Å². The van der Waals surface area contributed by atoms with Gasteiger partial charge in [0.1, 0.15) is 11.5 Å². The molecule has 0 saturated heterocycles. The molecule has 118 valence electrons. The smallest absolute Gasteiger partial charge is 0.230 e. The molecule has 3 rings (SSSR count). The van der Waals surface area contributed by atoms with Gasteiger partial charge in [0.15, 0.2) is 0 Å². The Bertz CT molecular complexity index is 765. The Kier molecular flexibility index (Phi) is 4.82. The van der Waals surface area contributed by atoms with Gasteiger partial charge in [-0.15, -0.1) is 0 Å². The van der Waals surface area contributed by atoms with Crippen molar-refractivity contribution in [3.63, 3.8) is 0 Å². The molecule has 0 spiro atoms. The summed E-state index contributed by atoms with van der Waals surface area (Å²) in [5.74, 6) is 2.23. The molecule has 0 bridgehead atoms. The molecule has 1 atom stereocenters. The third-order valence-electron chi connectivity index (χ3n) is 4.21. The van der Waals surface area contributed by atoms with Gasteiger partial charge in [-0.25, -0.2) is 0 Å². The number of rotatable bonds is 6. The van der Waals surface area contributed by atoms with Gasteiger partial charge in [-0.05, 0) is 52.9 Å². The van der Waals surface area contributed by atoms with Crippen LogP contribution in [0.4, 0.5) is 0 Å². The van der Waals surface area contributed by atoms with Crippen molar-refractivity contribution < 1.29 is 9.47 Å². The summed E-state index contributed by atoms with van der Waals surface area (Å²) in [5.41, 5.74) is 1.39. The van der Waals surface area contributed by atoms with Crippen LogP contribution in [0.15, 0.2) is 66.7 Å². The molecule has 0 aromatic heterocycles. The number of fused-ring (bicyclic) bond motifs is 1. The van der Waals surface area contributed by atoms with E-state index in [9.17, 15) is 0 Å². The fourth-order valence-corrected chi connectivity index (χ4v) is 2.56.